The van der Waals surface area contributed by atoms with Gasteiger partial charge in [-0.1, -0.05) is 35.9 Å². The second-order valence-electron chi connectivity index (χ2n) is 8.73. The first-order valence-corrected chi connectivity index (χ1v) is 12.8. The van der Waals surface area contributed by atoms with E-state index in [9.17, 15) is 13.2 Å². The fourth-order valence-electron chi connectivity index (χ4n) is 3.39. The minimum Gasteiger partial charge on any atom is -0.497 e. The highest BCUT2D eigenvalue weighted by molar-refractivity contribution is 7.90. The summed E-state index contributed by atoms with van der Waals surface area (Å²) < 4.78 is 41.7. The van der Waals surface area contributed by atoms with E-state index >= 15 is 0 Å². The first-order chi connectivity index (χ1) is 15.9. The molecule has 0 heterocycles. The largest absolute Gasteiger partial charge is 0.497 e. The SMILES string of the molecule is COc1cccc(-c2ccc(-c3cc(Cl)ccc3OCC(=O)OC(C)(C)C)cc2S(C)(=O)=O)c1. The van der Waals surface area contributed by atoms with Gasteiger partial charge >= 0.3 is 5.97 Å². The lowest BCUT2D eigenvalue weighted by Gasteiger charge is -2.20. The second kappa shape index (κ2) is 10.1. The summed E-state index contributed by atoms with van der Waals surface area (Å²) in [5.41, 5.74) is 1.75. The van der Waals surface area contributed by atoms with Crippen molar-refractivity contribution in [3.8, 4) is 33.8 Å². The molecule has 0 bridgehead atoms. The van der Waals surface area contributed by atoms with Crippen LogP contribution in [0.25, 0.3) is 22.3 Å². The van der Waals surface area contributed by atoms with Crippen molar-refractivity contribution < 1.29 is 27.4 Å². The van der Waals surface area contributed by atoms with Crippen LogP contribution in [-0.4, -0.2) is 40.0 Å². The number of hydrogen-bond donors (Lipinski definition) is 0. The van der Waals surface area contributed by atoms with Gasteiger partial charge in [-0.3, -0.25) is 0 Å². The average Bonchev–Trinajstić information content (AvgIpc) is 2.76. The zero-order chi connectivity index (χ0) is 25.1. The van der Waals surface area contributed by atoms with Crippen LogP contribution >= 0.6 is 11.6 Å². The van der Waals surface area contributed by atoms with Crippen molar-refractivity contribution in [2.45, 2.75) is 31.3 Å². The lowest BCUT2D eigenvalue weighted by atomic mass is 9.99. The van der Waals surface area contributed by atoms with Crippen molar-refractivity contribution in [1.82, 2.24) is 0 Å². The third-order valence-corrected chi connectivity index (χ3v) is 6.15. The van der Waals surface area contributed by atoms with E-state index in [0.29, 0.717) is 38.8 Å². The van der Waals surface area contributed by atoms with Gasteiger partial charge in [-0.05, 0) is 68.3 Å². The zero-order valence-electron chi connectivity index (χ0n) is 19.7. The first-order valence-electron chi connectivity index (χ1n) is 10.5. The average molecular weight is 503 g/mol. The normalized spacial score (nSPS) is 11.7. The van der Waals surface area contributed by atoms with E-state index in [1.54, 1.807) is 82.5 Å². The quantitative estimate of drug-likeness (QED) is 0.379. The minimum atomic E-state index is -3.59. The van der Waals surface area contributed by atoms with Crippen LogP contribution < -0.4 is 9.47 Å². The van der Waals surface area contributed by atoms with Crippen molar-refractivity contribution in [3.63, 3.8) is 0 Å². The van der Waals surface area contributed by atoms with E-state index in [1.165, 1.54) is 0 Å². The standard InChI is InChI=1S/C26H27ClO6S/c1-26(2,3)33-25(28)16-32-23-12-10-19(27)15-22(23)18-9-11-21(24(14-18)34(5,29)30)17-7-6-8-20(13-17)31-4/h6-15H,16H2,1-5H3. The molecule has 0 unspecified atom stereocenters. The van der Waals surface area contributed by atoms with Crippen LogP contribution in [0.1, 0.15) is 20.8 Å². The van der Waals surface area contributed by atoms with Gasteiger partial charge in [0.2, 0.25) is 0 Å². The van der Waals surface area contributed by atoms with Gasteiger partial charge in [0.15, 0.2) is 16.4 Å². The highest BCUT2D eigenvalue weighted by Gasteiger charge is 2.20. The molecule has 0 aromatic heterocycles. The number of sulfone groups is 1. The number of rotatable bonds is 7. The van der Waals surface area contributed by atoms with E-state index in [1.807, 2.05) is 6.07 Å². The molecule has 0 saturated carbocycles. The fraction of sp³-hybridized carbons (Fsp3) is 0.269. The van der Waals surface area contributed by atoms with E-state index in [4.69, 9.17) is 25.8 Å². The summed E-state index contributed by atoms with van der Waals surface area (Å²) in [5.74, 6) is 0.483. The van der Waals surface area contributed by atoms with E-state index in [0.717, 1.165) is 6.26 Å². The van der Waals surface area contributed by atoms with Crippen LogP contribution in [0.3, 0.4) is 0 Å². The lowest BCUT2D eigenvalue weighted by molar-refractivity contribution is -0.157. The minimum absolute atomic E-state index is 0.149. The summed E-state index contributed by atoms with van der Waals surface area (Å²) >= 11 is 6.23. The van der Waals surface area contributed by atoms with Gasteiger partial charge in [-0.25, -0.2) is 13.2 Å². The number of carbonyl (C=O) groups excluding carboxylic acids is 1. The molecule has 6 nitrogen and oxygen atoms in total. The Morgan fingerprint density at radius 1 is 0.941 bits per heavy atom. The van der Waals surface area contributed by atoms with Gasteiger partial charge in [-0.15, -0.1) is 0 Å². The Kier molecular flexibility index (Phi) is 7.58. The van der Waals surface area contributed by atoms with Gasteiger partial charge in [-0.2, -0.15) is 0 Å². The van der Waals surface area contributed by atoms with Crippen LogP contribution in [0.4, 0.5) is 0 Å². The molecule has 8 heteroatoms. The second-order valence-corrected chi connectivity index (χ2v) is 11.2. The van der Waals surface area contributed by atoms with Crippen molar-refractivity contribution in [2.75, 3.05) is 20.0 Å². The molecule has 0 aliphatic carbocycles. The molecule has 0 saturated heterocycles. The Hall–Kier alpha value is -3.03. The van der Waals surface area contributed by atoms with Crippen LogP contribution in [0.2, 0.25) is 5.02 Å². The molecule has 180 valence electrons. The molecule has 0 amide bonds. The van der Waals surface area contributed by atoms with Crippen molar-refractivity contribution in [2.24, 2.45) is 0 Å². The third kappa shape index (κ3) is 6.52. The molecule has 0 radical (unpaired) electrons. The maximum atomic E-state index is 12.7. The Morgan fingerprint density at radius 3 is 2.29 bits per heavy atom. The van der Waals surface area contributed by atoms with Gasteiger partial charge in [0.05, 0.1) is 12.0 Å². The van der Waals surface area contributed by atoms with Gasteiger partial charge in [0.25, 0.3) is 0 Å². The number of ether oxygens (including phenoxy) is 3. The van der Waals surface area contributed by atoms with Crippen LogP contribution in [0.5, 0.6) is 11.5 Å². The number of esters is 1. The number of carbonyl (C=O) groups is 1. The lowest BCUT2D eigenvalue weighted by Crippen LogP contribution is -2.27. The maximum Gasteiger partial charge on any atom is 0.344 e. The summed E-state index contributed by atoms with van der Waals surface area (Å²) in [4.78, 5) is 12.3. The molecule has 3 rings (SSSR count). The molecule has 34 heavy (non-hydrogen) atoms. The van der Waals surface area contributed by atoms with E-state index < -0.39 is 21.4 Å². The number of benzene rings is 3. The Balaban J connectivity index is 2.05. The zero-order valence-corrected chi connectivity index (χ0v) is 21.3. The van der Waals surface area contributed by atoms with Gasteiger partial charge in [0.1, 0.15) is 17.1 Å². The third-order valence-electron chi connectivity index (χ3n) is 4.78. The van der Waals surface area contributed by atoms with Crippen molar-refractivity contribution in [3.05, 3.63) is 65.7 Å². The van der Waals surface area contributed by atoms with Crippen LogP contribution in [0, 0.1) is 0 Å². The number of methoxy groups -OCH3 is 1. The van der Waals surface area contributed by atoms with Crippen LogP contribution in [-0.2, 0) is 19.4 Å². The Bertz CT molecular complexity index is 1310. The molecule has 3 aromatic carbocycles. The summed E-state index contributed by atoms with van der Waals surface area (Å²) in [6, 6.07) is 17.2. The molecular formula is C26H27ClO6S. The fourth-order valence-corrected chi connectivity index (χ4v) is 4.49. The summed E-state index contributed by atoms with van der Waals surface area (Å²) in [6.07, 6.45) is 1.16. The molecule has 0 fully saturated rings. The highest BCUT2D eigenvalue weighted by atomic mass is 35.5. The van der Waals surface area contributed by atoms with Crippen molar-refractivity contribution >= 4 is 27.4 Å². The molecular weight excluding hydrogens is 476 g/mol. The Labute approximate surface area is 205 Å². The predicted molar refractivity (Wildman–Crippen MR) is 133 cm³/mol. The summed E-state index contributed by atoms with van der Waals surface area (Å²) in [7, 11) is -2.04. The summed E-state index contributed by atoms with van der Waals surface area (Å²) in [5, 5.41) is 0.442. The monoisotopic (exact) mass is 502 g/mol. The topological polar surface area (TPSA) is 78.9 Å². The molecule has 0 spiro atoms. The molecule has 0 N–H and O–H groups in total. The summed E-state index contributed by atoms with van der Waals surface area (Å²) in [6.45, 7) is 5.02. The molecule has 0 aliphatic heterocycles. The molecule has 0 atom stereocenters. The van der Waals surface area contributed by atoms with E-state index in [-0.39, 0.29) is 11.5 Å². The van der Waals surface area contributed by atoms with Crippen molar-refractivity contribution in [1.29, 1.82) is 0 Å². The Morgan fingerprint density at radius 2 is 1.65 bits per heavy atom. The highest BCUT2D eigenvalue weighted by Crippen LogP contribution is 2.37. The van der Waals surface area contributed by atoms with Crippen LogP contribution in [0.15, 0.2) is 65.6 Å². The molecule has 3 aromatic rings. The smallest absolute Gasteiger partial charge is 0.344 e. The molecule has 0 aliphatic rings. The predicted octanol–water partition coefficient (Wildman–Crippen LogP) is 5.81. The maximum absolute atomic E-state index is 12.7. The van der Waals surface area contributed by atoms with Gasteiger partial charge < -0.3 is 14.2 Å². The first kappa shape index (κ1) is 25.6. The van der Waals surface area contributed by atoms with Gasteiger partial charge in [0, 0.05) is 22.4 Å². The number of halogens is 1. The van der Waals surface area contributed by atoms with E-state index in [2.05, 4.69) is 0 Å². The number of hydrogen-bond acceptors (Lipinski definition) is 6.